The van der Waals surface area contributed by atoms with Gasteiger partial charge in [0.1, 0.15) is 0 Å². The molecule has 3 rings (SSSR count). The largest absolute Gasteiger partial charge is 0.350 e. The van der Waals surface area contributed by atoms with Crippen LogP contribution in [0.5, 0.6) is 0 Å². The number of nitrogens with one attached hydrogen (secondary N) is 1. The first-order valence-corrected chi connectivity index (χ1v) is 13.2. The number of sulfonamides is 1. The van der Waals surface area contributed by atoms with E-state index in [1.54, 1.807) is 29.4 Å². The van der Waals surface area contributed by atoms with E-state index in [4.69, 9.17) is 0 Å². The van der Waals surface area contributed by atoms with Crippen LogP contribution in [0, 0.1) is 10.8 Å². The number of amides is 2. The molecule has 0 radical (unpaired) electrons. The predicted molar refractivity (Wildman–Crippen MR) is 129 cm³/mol. The van der Waals surface area contributed by atoms with Crippen molar-refractivity contribution < 1.29 is 18.0 Å². The van der Waals surface area contributed by atoms with E-state index in [0.29, 0.717) is 13.1 Å². The van der Waals surface area contributed by atoms with E-state index in [1.807, 2.05) is 20.8 Å². The highest BCUT2D eigenvalue weighted by molar-refractivity contribution is 7.89. The highest BCUT2D eigenvalue weighted by Gasteiger charge is 2.53. The van der Waals surface area contributed by atoms with Crippen LogP contribution in [0.2, 0.25) is 0 Å². The molecule has 1 saturated heterocycles. The fourth-order valence-corrected chi connectivity index (χ4v) is 7.58. The van der Waals surface area contributed by atoms with E-state index in [-0.39, 0.29) is 45.7 Å². The van der Waals surface area contributed by atoms with Crippen LogP contribution in [0.3, 0.4) is 0 Å². The van der Waals surface area contributed by atoms with Gasteiger partial charge in [0.25, 0.3) is 5.91 Å². The molecule has 1 heterocycles. The van der Waals surface area contributed by atoms with Gasteiger partial charge < -0.3 is 10.2 Å². The number of fused-ring (bicyclic) bond motifs is 2. The maximum absolute atomic E-state index is 13.6. The Labute approximate surface area is 199 Å². The number of benzene rings is 1. The fourth-order valence-electron chi connectivity index (χ4n) is 5.76. The van der Waals surface area contributed by atoms with E-state index in [2.05, 4.69) is 26.1 Å². The molecule has 184 valence electrons. The first-order valence-electron chi connectivity index (χ1n) is 11.8. The van der Waals surface area contributed by atoms with Gasteiger partial charge in [-0.1, -0.05) is 26.8 Å². The summed E-state index contributed by atoms with van der Waals surface area (Å²) in [6.07, 6.45) is 2.72. The molecule has 2 atom stereocenters. The summed E-state index contributed by atoms with van der Waals surface area (Å²) >= 11 is 0. The Kier molecular flexibility index (Phi) is 6.77. The molecule has 8 heteroatoms. The van der Waals surface area contributed by atoms with E-state index in [0.717, 1.165) is 19.3 Å². The van der Waals surface area contributed by atoms with Crippen LogP contribution in [0.15, 0.2) is 29.2 Å². The lowest BCUT2D eigenvalue weighted by atomic mass is 9.65. The third kappa shape index (κ3) is 5.77. The smallest absolute Gasteiger partial charge is 0.254 e. The summed E-state index contributed by atoms with van der Waals surface area (Å²) in [6.45, 7) is 14.8. The van der Waals surface area contributed by atoms with Crippen LogP contribution in [0.25, 0.3) is 0 Å². The number of hydrogen-bond acceptors (Lipinski definition) is 4. The number of carbonyl (C=O) groups is 2. The van der Waals surface area contributed by atoms with Crippen molar-refractivity contribution in [3.8, 4) is 0 Å². The molecule has 1 aliphatic heterocycles. The standard InChI is InChI=1S/C25H39N3O4S/c1-8-27(15-21(29)26-23(2,3)4)22(30)18-10-9-11-20(12-18)33(31,32)28-17-25(7)14-19(28)13-24(5,6)16-25/h9-12,19H,8,13-17H2,1-7H3,(H,26,29)/t19-,25-/m0/s1. The van der Waals surface area contributed by atoms with Crippen molar-refractivity contribution in [2.45, 2.75) is 84.2 Å². The Morgan fingerprint density at radius 3 is 2.45 bits per heavy atom. The van der Waals surface area contributed by atoms with Gasteiger partial charge >= 0.3 is 0 Å². The summed E-state index contributed by atoms with van der Waals surface area (Å²) in [6, 6.07) is 6.22. The molecule has 0 unspecified atom stereocenters. The minimum atomic E-state index is -3.73. The first-order chi connectivity index (χ1) is 15.1. The second-order valence-corrected chi connectivity index (χ2v) is 13.8. The topological polar surface area (TPSA) is 86.8 Å². The molecule has 1 N–H and O–H groups in total. The van der Waals surface area contributed by atoms with Crippen molar-refractivity contribution in [1.82, 2.24) is 14.5 Å². The normalized spacial score (nSPS) is 25.0. The summed E-state index contributed by atoms with van der Waals surface area (Å²) in [4.78, 5) is 27.0. The Morgan fingerprint density at radius 2 is 1.85 bits per heavy atom. The molecule has 1 saturated carbocycles. The minimum absolute atomic E-state index is 0.0173. The predicted octanol–water partition coefficient (Wildman–Crippen LogP) is 3.65. The van der Waals surface area contributed by atoms with Gasteiger partial charge in [-0.2, -0.15) is 4.31 Å². The molecule has 0 aromatic heterocycles. The summed E-state index contributed by atoms with van der Waals surface area (Å²) in [5.74, 6) is -0.603. The van der Waals surface area contributed by atoms with Gasteiger partial charge in [-0.05, 0) is 76.0 Å². The lowest BCUT2D eigenvalue weighted by Crippen LogP contribution is -2.47. The van der Waals surface area contributed by atoms with Gasteiger partial charge in [-0.15, -0.1) is 0 Å². The van der Waals surface area contributed by atoms with Crippen LogP contribution < -0.4 is 5.32 Å². The average molecular weight is 478 g/mol. The summed E-state index contributed by atoms with van der Waals surface area (Å²) in [5, 5.41) is 2.86. The second-order valence-electron chi connectivity index (χ2n) is 11.9. The van der Waals surface area contributed by atoms with Gasteiger partial charge in [0.2, 0.25) is 15.9 Å². The molecule has 7 nitrogen and oxygen atoms in total. The molecule has 2 bridgehead atoms. The SMILES string of the molecule is CCN(CC(=O)NC(C)(C)C)C(=O)c1cccc(S(=O)(=O)N2C[C@@]3(C)C[C@@H]2CC(C)(C)C3)c1. The molecule has 2 fully saturated rings. The van der Waals surface area contributed by atoms with Gasteiger partial charge in [0, 0.05) is 30.2 Å². The number of likely N-dealkylation sites (N-methyl/N-ethyl adjacent to an activating group) is 1. The Hall–Kier alpha value is -1.93. The molecule has 0 spiro atoms. The highest BCUT2D eigenvalue weighted by atomic mass is 32.2. The maximum atomic E-state index is 13.6. The van der Waals surface area contributed by atoms with Crippen LogP contribution in [-0.2, 0) is 14.8 Å². The zero-order chi connectivity index (χ0) is 24.8. The molecular weight excluding hydrogens is 438 g/mol. The molecule has 2 amide bonds. The zero-order valence-corrected chi connectivity index (χ0v) is 21.9. The van der Waals surface area contributed by atoms with Crippen LogP contribution in [-0.4, -0.2) is 60.7 Å². The molecule has 1 aromatic carbocycles. The summed E-state index contributed by atoms with van der Waals surface area (Å²) < 4.78 is 28.9. The third-order valence-corrected chi connectivity index (χ3v) is 8.47. The van der Waals surface area contributed by atoms with Gasteiger partial charge in [0.15, 0.2) is 0 Å². The maximum Gasteiger partial charge on any atom is 0.254 e. The Bertz CT molecular complexity index is 1030. The van der Waals surface area contributed by atoms with Crippen LogP contribution in [0.1, 0.15) is 78.1 Å². The van der Waals surface area contributed by atoms with Crippen molar-refractivity contribution in [3.05, 3.63) is 29.8 Å². The van der Waals surface area contributed by atoms with Crippen LogP contribution in [0.4, 0.5) is 0 Å². The van der Waals surface area contributed by atoms with E-state index in [1.165, 1.54) is 11.0 Å². The van der Waals surface area contributed by atoms with Crippen LogP contribution >= 0.6 is 0 Å². The number of hydrogen-bond donors (Lipinski definition) is 1. The van der Waals surface area contributed by atoms with E-state index < -0.39 is 15.6 Å². The summed E-state index contributed by atoms with van der Waals surface area (Å²) in [5.41, 5.74) is -0.0383. The highest BCUT2D eigenvalue weighted by Crippen LogP contribution is 2.53. The van der Waals surface area contributed by atoms with Gasteiger partial charge in [-0.25, -0.2) is 8.42 Å². The molecule has 2 aliphatic rings. The van der Waals surface area contributed by atoms with E-state index in [9.17, 15) is 18.0 Å². The molecule has 1 aromatic rings. The molecular formula is C25H39N3O4S. The van der Waals surface area contributed by atoms with Crippen molar-refractivity contribution >= 4 is 21.8 Å². The van der Waals surface area contributed by atoms with E-state index >= 15 is 0 Å². The summed E-state index contributed by atoms with van der Waals surface area (Å²) in [7, 11) is -3.73. The van der Waals surface area contributed by atoms with Crippen molar-refractivity contribution in [2.75, 3.05) is 19.6 Å². The zero-order valence-electron chi connectivity index (χ0n) is 21.1. The van der Waals surface area contributed by atoms with Gasteiger partial charge in [0.05, 0.1) is 11.4 Å². The quantitative estimate of drug-likeness (QED) is 0.678. The monoisotopic (exact) mass is 477 g/mol. The average Bonchev–Trinajstić information content (AvgIpc) is 2.93. The van der Waals surface area contributed by atoms with Crippen molar-refractivity contribution in [2.24, 2.45) is 10.8 Å². The Morgan fingerprint density at radius 1 is 1.18 bits per heavy atom. The third-order valence-electron chi connectivity index (χ3n) is 6.57. The molecule has 1 aliphatic carbocycles. The Balaban J connectivity index is 1.82. The lowest BCUT2D eigenvalue weighted by molar-refractivity contribution is -0.123. The van der Waals surface area contributed by atoms with Gasteiger partial charge in [-0.3, -0.25) is 9.59 Å². The second kappa shape index (κ2) is 8.69. The van der Waals surface area contributed by atoms with Crippen molar-refractivity contribution in [1.29, 1.82) is 0 Å². The fraction of sp³-hybridized carbons (Fsp3) is 0.680. The number of carbonyl (C=O) groups excluding carboxylic acids is 2. The van der Waals surface area contributed by atoms with Crippen molar-refractivity contribution in [3.63, 3.8) is 0 Å². The lowest BCUT2D eigenvalue weighted by Gasteiger charge is -2.39. The number of rotatable bonds is 6. The molecule has 33 heavy (non-hydrogen) atoms. The first kappa shape index (κ1) is 25.7. The minimum Gasteiger partial charge on any atom is -0.350 e. The number of nitrogens with zero attached hydrogens (tertiary/aromatic N) is 2.